The number of ether oxygens (including phenoxy) is 1. The molecule has 0 bridgehead atoms. The van der Waals surface area contributed by atoms with Gasteiger partial charge >= 0.3 is 65.2 Å². The molecule has 2 aromatic carbocycles. The number of anilines is 1. The Bertz CT molecular complexity index is 1140. The molecule has 2 heterocycles. The molecule has 0 spiro atoms. The molecule has 0 aromatic heterocycles. The quantitative estimate of drug-likeness (QED) is 0.262. The van der Waals surface area contributed by atoms with Gasteiger partial charge in [-0.25, -0.2) is 4.79 Å². The molecular weight excluding hydrogens is 511 g/mol. The fraction of sp³-hybridized carbons (Fsp3) is 0.318. The number of carbonyl (C=O) groups is 2. The summed E-state index contributed by atoms with van der Waals surface area (Å²) in [4.78, 5) is 51.1. The first-order valence-electron chi connectivity index (χ1n) is 10.5. The van der Waals surface area contributed by atoms with Crippen LogP contribution < -0.4 is 79.1 Å². The van der Waals surface area contributed by atoms with E-state index in [1.54, 1.807) is 0 Å². The Hall–Kier alpha value is -1.24. The first kappa shape index (κ1) is 31.0. The molecule has 2 aromatic rings. The predicted molar refractivity (Wildman–Crippen MR) is 118 cm³/mol. The molecule has 1 N–H and O–H groups in total. The van der Waals surface area contributed by atoms with Crippen molar-refractivity contribution in [2.75, 3.05) is 24.6 Å². The Morgan fingerprint density at radius 1 is 1.08 bits per heavy atom. The summed E-state index contributed by atoms with van der Waals surface area (Å²) >= 11 is 0. The van der Waals surface area contributed by atoms with E-state index >= 15 is 0 Å². The van der Waals surface area contributed by atoms with Crippen molar-refractivity contribution >= 4 is 31.2 Å². The molecule has 2 aliphatic rings. The van der Waals surface area contributed by atoms with E-state index in [0.29, 0.717) is 24.4 Å². The third kappa shape index (κ3) is 8.39. The van der Waals surface area contributed by atoms with Gasteiger partial charge < -0.3 is 33.8 Å². The molecule has 4 rings (SSSR count). The molecule has 14 heteroatoms. The minimum atomic E-state index is -5.05. The SMILES string of the molecule is CC(=O)NCC1CN(c2ccc(-c3ccc(C4=NOC(COP(=O)([O-])[O-])C4)cc3)cc2)C(=O)O1.[Na+].[Na+]. The Kier molecular flexibility index (Phi) is 11.6. The molecule has 2 unspecified atom stereocenters. The molecule has 2 amide bonds. The van der Waals surface area contributed by atoms with Crippen LogP contribution in [0.4, 0.5) is 10.5 Å². The minimum Gasteiger partial charge on any atom is -0.790 e. The smallest absolute Gasteiger partial charge is 0.790 e. The molecule has 36 heavy (non-hydrogen) atoms. The molecule has 11 nitrogen and oxygen atoms in total. The summed E-state index contributed by atoms with van der Waals surface area (Å²) in [7, 11) is -5.05. The molecule has 2 atom stereocenters. The third-order valence-electron chi connectivity index (χ3n) is 5.33. The number of nitrogens with one attached hydrogen (secondary N) is 1. The van der Waals surface area contributed by atoms with E-state index in [1.165, 1.54) is 11.8 Å². The number of benzene rings is 2. The van der Waals surface area contributed by atoms with Gasteiger partial charge in [0.1, 0.15) is 6.10 Å². The number of amides is 2. The molecule has 1 fully saturated rings. The molecule has 1 saturated heterocycles. The van der Waals surface area contributed by atoms with Crippen molar-refractivity contribution in [2.24, 2.45) is 5.16 Å². The second-order valence-corrected chi connectivity index (χ2v) is 9.04. The summed E-state index contributed by atoms with van der Waals surface area (Å²) in [6.07, 6.45) is -1.16. The molecule has 0 saturated carbocycles. The maximum atomic E-state index is 12.2. The van der Waals surface area contributed by atoms with Gasteiger partial charge in [-0.15, -0.1) is 0 Å². The molecule has 0 aliphatic carbocycles. The summed E-state index contributed by atoms with van der Waals surface area (Å²) in [5.41, 5.74) is 4.02. The van der Waals surface area contributed by atoms with Crippen LogP contribution in [0.5, 0.6) is 0 Å². The number of hydrogen-bond donors (Lipinski definition) is 1. The van der Waals surface area contributed by atoms with Crippen molar-refractivity contribution in [3.63, 3.8) is 0 Å². The van der Waals surface area contributed by atoms with Gasteiger partial charge in [0.25, 0.3) is 0 Å². The molecule has 0 radical (unpaired) electrons. The Balaban J connectivity index is 0.00000228. The second kappa shape index (κ2) is 13.5. The summed E-state index contributed by atoms with van der Waals surface area (Å²) in [6.45, 7) is 1.65. The standard InChI is InChI=1S/C22H24N3O8P.2Na/c1-14(26)23-11-20-12-25(22(27)32-20)18-8-6-16(7-9-18)15-2-4-17(5-3-15)21-10-19(33-24-21)13-31-34(28,29)30;;/h2-9,19-20H,10-13H2,1H3,(H,23,26)(H2,28,29,30);;/q;2*+1/p-2. The van der Waals surface area contributed by atoms with Crippen molar-refractivity contribution in [1.82, 2.24) is 5.32 Å². The Labute approximate surface area is 252 Å². The number of phosphoric acid groups is 1. The Morgan fingerprint density at radius 3 is 2.25 bits per heavy atom. The Morgan fingerprint density at radius 2 is 1.67 bits per heavy atom. The van der Waals surface area contributed by atoms with E-state index in [4.69, 9.17) is 9.57 Å². The monoisotopic (exact) mass is 533 g/mol. The number of cyclic esters (lactones) is 1. The van der Waals surface area contributed by atoms with Crippen LogP contribution in [0, 0.1) is 0 Å². The number of hydrogen-bond acceptors (Lipinski definition) is 9. The van der Waals surface area contributed by atoms with E-state index in [-0.39, 0.29) is 78.2 Å². The summed E-state index contributed by atoms with van der Waals surface area (Å²) in [5.74, 6) is -0.179. The minimum absolute atomic E-state index is 0. The summed E-state index contributed by atoms with van der Waals surface area (Å²) < 4.78 is 20.1. The maximum absolute atomic E-state index is 12.2. The maximum Gasteiger partial charge on any atom is 1.00 e. The van der Waals surface area contributed by atoms with Crippen molar-refractivity contribution < 1.29 is 97.2 Å². The van der Waals surface area contributed by atoms with Crippen LogP contribution in [0.3, 0.4) is 0 Å². The van der Waals surface area contributed by atoms with Gasteiger partial charge in [-0.05, 0) is 28.8 Å². The normalized spacial score (nSPS) is 18.9. The number of rotatable bonds is 8. The van der Waals surface area contributed by atoms with Crippen LogP contribution in [0.1, 0.15) is 18.9 Å². The van der Waals surface area contributed by atoms with E-state index in [1.807, 2.05) is 48.5 Å². The first-order valence-corrected chi connectivity index (χ1v) is 12.0. The summed E-state index contributed by atoms with van der Waals surface area (Å²) in [5, 5.41) is 6.60. The van der Waals surface area contributed by atoms with Gasteiger partial charge in [0.05, 0.1) is 33.2 Å². The van der Waals surface area contributed by atoms with Crippen LogP contribution >= 0.6 is 7.82 Å². The number of oxime groups is 1. The van der Waals surface area contributed by atoms with Gasteiger partial charge in [-0.3, -0.25) is 9.69 Å². The average Bonchev–Trinajstić information content (AvgIpc) is 3.43. The van der Waals surface area contributed by atoms with Crippen molar-refractivity contribution in [3.05, 3.63) is 54.1 Å². The zero-order valence-corrected chi connectivity index (χ0v) is 25.1. The predicted octanol–water partition coefficient (Wildman–Crippen LogP) is -4.84. The van der Waals surface area contributed by atoms with Crippen molar-refractivity contribution in [3.8, 4) is 11.1 Å². The van der Waals surface area contributed by atoms with Gasteiger partial charge in [-0.1, -0.05) is 41.6 Å². The van der Waals surface area contributed by atoms with Gasteiger partial charge in [0.2, 0.25) is 5.91 Å². The number of carbonyl (C=O) groups excluding carboxylic acids is 2. The second-order valence-electron chi connectivity index (χ2n) is 7.89. The van der Waals surface area contributed by atoms with Crippen LogP contribution in [0.15, 0.2) is 53.7 Å². The number of phosphoric ester groups is 1. The zero-order valence-electron chi connectivity index (χ0n) is 20.2. The van der Waals surface area contributed by atoms with Crippen molar-refractivity contribution in [1.29, 1.82) is 0 Å². The van der Waals surface area contributed by atoms with E-state index in [2.05, 4.69) is 15.0 Å². The van der Waals surface area contributed by atoms with E-state index in [0.717, 1.165) is 16.7 Å². The fourth-order valence-corrected chi connectivity index (χ4v) is 4.00. The topological polar surface area (TPSA) is 153 Å². The molecular formula is C22H22N3Na2O8P. The fourth-order valence-electron chi connectivity index (χ4n) is 3.65. The molecule has 180 valence electrons. The van der Waals surface area contributed by atoms with Gasteiger partial charge in [-0.2, -0.15) is 0 Å². The van der Waals surface area contributed by atoms with E-state index < -0.39 is 26.1 Å². The largest absolute Gasteiger partial charge is 1.00 e. The average molecular weight is 533 g/mol. The van der Waals surface area contributed by atoms with Crippen molar-refractivity contribution in [2.45, 2.75) is 25.6 Å². The van der Waals surface area contributed by atoms with Crippen LogP contribution in [-0.2, 0) is 23.5 Å². The van der Waals surface area contributed by atoms with Crippen LogP contribution in [0.25, 0.3) is 11.1 Å². The first-order chi connectivity index (χ1) is 16.2. The number of nitrogens with zero attached hydrogens (tertiary/aromatic N) is 2. The van der Waals surface area contributed by atoms with Gasteiger partial charge in [0, 0.05) is 19.0 Å². The van der Waals surface area contributed by atoms with Crippen LogP contribution in [-0.4, -0.2) is 49.6 Å². The zero-order chi connectivity index (χ0) is 24.3. The van der Waals surface area contributed by atoms with Crippen LogP contribution in [0.2, 0.25) is 0 Å². The van der Waals surface area contributed by atoms with E-state index in [9.17, 15) is 23.9 Å². The van der Waals surface area contributed by atoms with Gasteiger partial charge in [0.15, 0.2) is 6.10 Å². The third-order valence-corrected chi connectivity index (χ3v) is 5.80. The molecule has 2 aliphatic heterocycles. The summed E-state index contributed by atoms with van der Waals surface area (Å²) in [6, 6.07) is 15.0.